The Balaban J connectivity index is 4.14. The first-order chi connectivity index (χ1) is 6.43. The minimum Gasteiger partial charge on any atom is -0.382 e. The Kier molecular flexibility index (Phi) is 5.57. The predicted octanol–water partition coefficient (Wildman–Crippen LogP) is 0.535. The molecule has 1 unspecified atom stereocenters. The Morgan fingerprint density at radius 2 is 2.14 bits per heavy atom. The summed E-state index contributed by atoms with van der Waals surface area (Å²) in [5.74, 6) is -0.867. The third-order valence-electron chi connectivity index (χ3n) is 1.91. The van der Waals surface area contributed by atoms with Crippen LogP contribution in [0.15, 0.2) is 0 Å². The highest BCUT2D eigenvalue weighted by atomic mass is 16.5. The molecule has 14 heavy (non-hydrogen) atoms. The number of hydrogen-bond acceptors (Lipinski definition) is 4. The Labute approximate surface area is 84.8 Å². The smallest absolute Gasteiger partial charge is 0.162 e. The number of rotatable bonds is 7. The SMILES string of the molecule is CCOCCC(C=O)C(=O)C(C)(C)N. The van der Waals surface area contributed by atoms with Gasteiger partial charge in [-0.05, 0) is 27.2 Å². The lowest BCUT2D eigenvalue weighted by Gasteiger charge is -2.20. The van der Waals surface area contributed by atoms with Crippen molar-refractivity contribution in [1.29, 1.82) is 0 Å². The molecule has 0 aliphatic heterocycles. The van der Waals surface area contributed by atoms with Gasteiger partial charge in [-0.2, -0.15) is 0 Å². The second-order valence-corrected chi connectivity index (χ2v) is 3.81. The van der Waals surface area contributed by atoms with Crippen molar-refractivity contribution in [3.63, 3.8) is 0 Å². The van der Waals surface area contributed by atoms with Gasteiger partial charge in [0.25, 0.3) is 0 Å². The lowest BCUT2D eigenvalue weighted by molar-refractivity contribution is -0.131. The molecule has 0 fully saturated rings. The van der Waals surface area contributed by atoms with E-state index < -0.39 is 11.5 Å². The molecule has 2 N–H and O–H groups in total. The molecule has 0 aliphatic carbocycles. The van der Waals surface area contributed by atoms with Crippen LogP contribution in [0.25, 0.3) is 0 Å². The summed E-state index contributed by atoms with van der Waals surface area (Å²) in [5.41, 5.74) is 4.66. The van der Waals surface area contributed by atoms with Gasteiger partial charge in [-0.25, -0.2) is 0 Å². The Bertz CT molecular complexity index is 196. The van der Waals surface area contributed by atoms with E-state index in [1.165, 1.54) is 0 Å². The summed E-state index contributed by atoms with van der Waals surface area (Å²) in [6, 6.07) is 0. The number of Topliss-reactive ketones (excluding diaryl/α,β-unsaturated/α-hetero) is 1. The summed E-state index contributed by atoms with van der Waals surface area (Å²) < 4.78 is 5.08. The van der Waals surface area contributed by atoms with Gasteiger partial charge in [-0.15, -0.1) is 0 Å². The molecule has 0 aromatic rings. The zero-order chi connectivity index (χ0) is 11.2. The quantitative estimate of drug-likeness (QED) is 0.370. The standard InChI is InChI=1S/C10H19NO3/c1-4-14-6-5-8(7-12)9(13)10(2,3)11/h7-8H,4-6,11H2,1-3H3. The number of ketones is 1. The molecule has 0 aliphatic rings. The molecule has 82 valence electrons. The van der Waals surface area contributed by atoms with Crippen molar-refractivity contribution in [1.82, 2.24) is 0 Å². The largest absolute Gasteiger partial charge is 0.382 e. The molecule has 0 radical (unpaired) electrons. The second kappa shape index (κ2) is 5.88. The molecule has 0 spiro atoms. The van der Waals surface area contributed by atoms with Gasteiger partial charge in [0, 0.05) is 13.2 Å². The molecule has 0 amide bonds. The molecule has 1 atom stereocenters. The van der Waals surface area contributed by atoms with Crippen molar-refractivity contribution in [2.75, 3.05) is 13.2 Å². The normalized spacial score (nSPS) is 13.7. The van der Waals surface area contributed by atoms with E-state index in [1.54, 1.807) is 13.8 Å². The van der Waals surface area contributed by atoms with E-state index in [0.717, 1.165) is 0 Å². The maximum absolute atomic E-state index is 11.6. The van der Waals surface area contributed by atoms with E-state index in [4.69, 9.17) is 10.5 Å². The lowest BCUT2D eigenvalue weighted by atomic mass is 9.89. The van der Waals surface area contributed by atoms with Crippen molar-refractivity contribution in [3.8, 4) is 0 Å². The van der Waals surface area contributed by atoms with Crippen LogP contribution >= 0.6 is 0 Å². The van der Waals surface area contributed by atoms with Gasteiger partial charge in [0.15, 0.2) is 5.78 Å². The first-order valence-corrected chi connectivity index (χ1v) is 4.79. The first kappa shape index (κ1) is 13.3. The maximum Gasteiger partial charge on any atom is 0.162 e. The number of hydrogen-bond donors (Lipinski definition) is 1. The van der Waals surface area contributed by atoms with E-state index in [1.807, 2.05) is 6.92 Å². The third kappa shape index (κ3) is 4.48. The molecule has 0 aromatic heterocycles. The average molecular weight is 201 g/mol. The number of aldehydes is 1. The van der Waals surface area contributed by atoms with Crippen LogP contribution in [0.3, 0.4) is 0 Å². The van der Waals surface area contributed by atoms with Crippen molar-refractivity contribution in [2.45, 2.75) is 32.7 Å². The summed E-state index contributed by atoms with van der Waals surface area (Å²) in [5, 5.41) is 0. The van der Waals surface area contributed by atoms with Crippen molar-refractivity contribution in [3.05, 3.63) is 0 Å². The van der Waals surface area contributed by atoms with Gasteiger partial charge in [-0.1, -0.05) is 0 Å². The number of carbonyl (C=O) groups excluding carboxylic acids is 2. The molecule has 0 aromatic carbocycles. The van der Waals surface area contributed by atoms with Crippen LogP contribution in [0.5, 0.6) is 0 Å². The van der Waals surface area contributed by atoms with Crippen LogP contribution in [0, 0.1) is 5.92 Å². The monoisotopic (exact) mass is 201 g/mol. The first-order valence-electron chi connectivity index (χ1n) is 4.79. The number of nitrogens with two attached hydrogens (primary N) is 1. The Morgan fingerprint density at radius 1 is 1.57 bits per heavy atom. The average Bonchev–Trinajstić information content (AvgIpc) is 2.10. The van der Waals surface area contributed by atoms with Crippen molar-refractivity contribution in [2.24, 2.45) is 11.7 Å². The van der Waals surface area contributed by atoms with Gasteiger partial charge in [0.2, 0.25) is 0 Å². The Morgan fingerprint density at radius 3 is 2.50 bits per heavy atom. The van der Waals surface area contributed by atoms with Crippen LogP contribution < -0.4 is 5.73 Å². The predicted molar refractivity (Wildman–Crippen MR) is 53.9 cm³/mol. The summed E-state index contributed by atoms with van der Waals surface area (Å²) >= 11 is 0. The third-order valence-corrected chi connectivity index (χ3v) is 1.91. The highest BCUT2D eigenvalue weighted by molar-refractivity contribution is 5.98. The van der Waals surface area contributed by atoms with Gasteiger partial charge < -0.3 is 15.3 Å². The van der Waals surface area contributed by atoms with Crippen LogP contribution in [0.4, 0.5) is 0 Å². The van der Waals surface area contributed by atoms with Crippen molar-refractivity contribution < 1.29 is 14.3 Å². The van der Waals surface area contributed by atoms with Crippen molar-refractivity contribution >= 4 is 12.1 Å². The maximum atomic E-state index is 11.6. The van der Waals surface area contributed by atoms with Crippen LogP contribution in [-0.2, 0) is 14.3 Å². The summed E-state index contributed by atoms with van der Waals surface area (Å²) in [6.45, 7) is 6.08. The van der Waals surface area contributed by atoms with Gasteiger partial charge >= 0.3 is 0 Å². The molecule has 0 rings (SSSR count). The minimum atomic E-state index is -0.947. The molecule has 4 heteroatoms. The number of ether oxygens (including phenoxy) is 1. The van der Waals surface area contributed by atoms with Gasteiger partial charge in [0.05, 0.1) is 11.5 Å². The van der Waals surface area contributed by atoms with E-state index in [-0.39, 0.29) is 5.78 Å². The van der Waals surface area contributed by atoms with E-state index in [2.05, 4.69) is 0 Å². The fraction of sp³-hybridized carbons (Fsp3) is 0.800. The summed E-state index contributed by atoms with van der Waals surface area (Å²) in [6.07, 6.45) is 1.06. The van der Waals surface area contributed by atoms with Gasteiger partial charge in [-0.3, -0.25) is 4.79 Å². The summed E-state index contributed by atoms with van der Waals surface area (Å²) in [7, 11) is 0. The molecule has 0 bridgehead atoms. The Hall–Kier alpha value is -0.740. The second-order valence-electron chi connectivity index (χ2n) is 3.81. The van der Waals surface area contributed by atoms with Crippen LogP contribution in [-0.4, -0.2) is 30.8 Å². The van der Waals surface area contributed by atoms with E-state index in [9.17, 15) is 9.59 Å². The zero-order valence-electron chi connectivity index (χ0n) is 9.08. The summed E-state index contributed by atoms with van der Waals surface area (Å²) in [4.78, 5) is 22.2. The lowest BCUT2D eigenvalue weighted by Crippen LogP contribution is -2.45. The fourth-order valence-electron chi connectivity index (χ4n) is 1.09. The molecule has 0 saturated heterocycles. The molecular formula is C10H19NO3. The fourth-order valence-corrected chi connectivity index (χ4v) is 1.09. The highest BCUT2D eigenvalue weighted by Gasteiger charge is 2.29. The molecular weight excluding hydrogens is 182 g/mol. The number of carbonyl (C=O) groups is 2. The van der Waals surface area contributed by atoms with Gasteiger partial charge in [0.1, 0.15) is 6.29 Å². The minimum absolute atomic E-state index is 0.229. The molecule has 0 saturated carbocycles. The van der Waals surface area contributed by atoms with Crippen LogP contribution in [0.1, 0.15) is 27.2 Å². The van der Waals surface area contributed by atoms with E-state index in [0.29, 0.717) is 25.9 Å². The molecule has 4 nitrogen and oxygen atoms in total. The van der Waals surface area contributed by atoms with E-state index >= 15 is 0 Å². The van der Waals surface area contributed by atoms with Crippen LogP contribution in [0.2, 0.25) is 0 Å². The highest BCUT2D eigenvalue weighted by Crippen LogP contribution is 2.11. The molecule has 0 heterocycles. The zero-order valence-corrected chi connectivity index (χ0v) is 9.08. The topological polar surface area (TPSA) is 69.4 Å².